The number of fused-ring (bicyclic) bond motifs is 12. The quantitative estimate of drug-likeness (QED) is 0.175. The van der Waals surface area contributed by atoms with Crippen LogP contribution in [0.15, 0.2) is 206 Å². The van der Waals surface area contributed by atoms with Crippen molar-refractivity contribution in [2.24, 2.45) is 0 Å². The third kappa shape index (κ3) is 5.35. The van der Waals surface area contributed by atoms with Gasteiger partial charge in [0.05, 0.1) is 17.0 Å². The Morgan fingerprint density at radius 1 is 0.344 bits per heavy atom. The molecule has 61 heavy (non-hydrogen) atoms. The molecule has 9 aromatic carbocycles. The molecule has 4 nitrogen and oxygen atoms in total. The molecule has 0 saturated heterocycles. The van der Waals surface area contributed by atoms with Crippen molar-refractivity contribution in [1.29, 1.82) is 5.26 Å². The number of nitriles is 1. The number of benzene rings is 9. The molecule has 0 radical (unpaired) electrons. The topological polar surface area (TPSA) is 62.5 Å². The van der Waals surface area contributed by atoms with Crippen molar-refractivity contribution in [2.45, 2.75) is 5.41 Å². The van der Waals surface area contributed by atoms with Gasteiger partial charge in [-0.1, -0.05) is 182 Å². The lowest BCUT2D eigenvalue weighted by Crippen LogP contribution is -2.26. The lowest BCUT2D eigenvalue weighted by atomic mass is 9.69. The fourth-order valence-corrected chi connectivity index (χ4v) is 9.80. The van der Waals surface area contributed by atoms with Crippen LogP contribution in [0.5, 0.6) is 0 Å². The van der Waals surface area contributed by atoms with Gasteiger partial charge >= 0.3 is 0 Å². The Bertz CT molecular complexity index is 3350. The highest BCUT2D eigenvalue weighted by Crippen LogP contribution is 2.64. The lowest BCUT2D eigenvalue weighted by molar-refractivity contribution is 0.795. The van der Waals surface area contributed by atoms with Gasteiger partial charge in [-0.2, -0.15) is 5.26 Å². The number of aromatic nitrogens is 3. The Morgan fingerprint density at radius 3 is 1.41 bits per heavy atom. The second-order valence-corrected chi connectivity index (χ2v) is 15.8. The smallest absolute Gasteiger partial charge is 0.164 e. The van der Waals surface area contributed by atoms with Gasteiger partial charge < -0.3 is 0 Å². The molecule has 4 heteroatoms. The highest BCUT2D eigenvalue weighted by Gasteiger charge is 2.52. The predicted octanol–water partition coefficient (Wildman–Crippen LogP) is 13.6. The second kappa shape index (κ2) is 13.7. The van der Waals surface area contributed by atoms with Gasteiger partial charge in [-0.25, -0.2) is 15.0 Å². The molecular weight excluding hydrogens is 741 g/mol. The molecule has 2 aliphatic rings. The first kappa shape index (κ1) is 34.8. The third-order valence-electron chi connectivity index (χ3n) is 12.6. The first-order valence-corrected chi connectivity index (χ1v) is 20.6. The molecule has 0 saturated carbocycles. The Morgan fingerprint density at radius 2 is 0.820 bits per heavy atom. The zero-order valence-corrected chi connectivity index (χ0v) is 32.9. The molecule has 1 unspecified atom stereocenters. The van der Waals surface area contributed by atoms with Crippen LogP contribution in [-0.2, 0) is 5.41 Å². The average Bonchev–Trinajstić information content (AvgIpc) is 3.81. The zero-order chi connectivity index (χ0) is 40.5. The van der Waals surface area contributed by atoms with Crippen molar-refractivity contribution in [1.82, 2.24) is 15.0 Å². The van der Waals surface area contributed by atoms with Crippen molar-refractivity contribution in [2.75, 3.05) is 0 Å². The molecule has 1 spiro atoms. The van der Waals surface area contributed by atoms with Crippen molar-refractivity contribution < 1.29 is 0 Å². The molecular formula is C57H34N4. The van der Waals surface area contributed by atoms with Gasteiger partial charge in [0.2, 0.25) is 0 Å². The van der Waals surface area contributed by atoms with Gasteiger partial charge in [0.25, 0.3) is 0 Å². The number of hydrogen-bond acceptors (Lipinski definition) is 4. The van der Waals surface area contributed by atoms with Crippen LogP contribution in [-0.4, -0.2) is 15.0 Å². The number of hydrogen-bond donors (Lipinski definition) is 0. The Balaban J connectivity index is 1.03. The summed E-state index contributed by atoms with van der Waals surface area (Å²) in [4.78, 5) is 14.9. The van der Waals surface area contributed by atoms with Crippen LogP contribution < -0.4 is 0 Å². The highest BCUT2D eigenvalue weighted by atomic mass is 15.0. The summed E-state index contributed by atoms with van der Waals surface area (Å²) in [5.41, 5.74) is 17.6. The fraction of sp³-hybridized carbons (Fsp3) is 0.0175. The van der Waals surface area contributed by atoms with E-state index in [1.54, 1.807) is 0 Å². The Labute approximate surface area is 353 Å². The molecule has 10 aromatic rings. The number of rotatable bonds is 5. The maximum Gasteiger partial charge on any atom is 0.164 e. The van der Waals surface area contributed by atoms with Crippen LogP contribution in [0.25, 0.3) is 89.4 Å². The summed E-state index contributed by atoms with van der Waals surface area (Å²) < 4.78 is 0. The van der Waals surface area contributed by atoms with Gasteiger partial charge in [0.15, 0.2) is 17.5 Å². The van der Waals surface area contributed by atoms with Crippen LogP contribution >= 0.6 is 0 Å². The molecule has 1 heterocycles. The first-order valence-electron chi connectivity index (χ1n) is 20.6. The van der Waals surface area contributed by atoms with Gasteiger partial charge in [0.1, 0.15) is 0 Å². The molecule has 0 amide bonds. The zero-order valence-electron chi connectivity index (χ0n) is 32.9. The highest BCUT2D eigenvalue weighted by molar-refractivity contribution is 6.06. The van der Waals surface area contributed by atoms with Crippen LogP contribution in [0.2, 0.25) is 0 Å². The van der Waals surface area contributed by atoms with Crippen LogP contribution in [0, 0.1) is 11.3 Å². The van der Waals surface area contributed by atoms with Crippen molar-refractivity contribution in [3.63, 3.8) is 0 Å². The third-order valence-corrected chi connectivity index (χ3v) is 12.6. The first-order chi connectivity index (χ1) is 30.2. The van der Waals surface area contributed by atoms with E-state index in [1.165, 1.54) is 55.3 Å². The van der Waals surface area contributed by atoms with Crippen LogP contribution in [0.1, 0.15) is 27.8 Å². The monoisotopic (exact) mass is 774 g/mol. The summed E-state index contributed by atoms with van der Waals surface area (Å²) in [6.45, 7) is 0. The molecule has 0 N–H and O–H groups in total. The summed E-state index contributed by atoms with van der Waals surface area (Å²) in [5, 5.41) is 12.0. The summed E-state index contributed by atoms with van der Waals surface area (Å²) in [5.74, 6) is 1.92. The molecule has 0 fully saturated rings. The standard InChI is InChI=1S/C57H34N4/c58-35-36-19-21-37(22-20-36)43-27-30-46-47-31-28-44(34-52(47)57(51(46)33-43)49-18-10-9-17-48(49)53-45-16-8-7-11-39(45)29-32-50(53)57)38-23-25-42(26-24-38)56-60-54(40-12-3-1-4-13-40)59-55(61-56)41-14-5-2-6-15-41/h1-34H. The minimum absolute atomic E-state index is 0.550. The Kier molecular flexibility index (Phi) is 7.78. The SMILES string of the molecule is N#Cc1ccc(-c2ccc3c(c2)C2(c4cc(-c5ccc(-c6nc(-c7ccccc7)nc(-c7ccccc7)n6)cc5)ccc4-3)c3ccccc3-c3c2ccc2ccccc32)cc1. The maximum atomic E-state index is 9.54. The van der Waals surface area contributed by atoms with Crippen LogP contribution in [0.4, 0.5) is 0 Å². The minimum Gasteiger partial charge on any atom is -0.208 e. The molecule has 282 valence electrons. The van der Waals surface area contributed by atoms with E-state index in [0.29, 0.717) is 23.0 Å². The maximum absolute atomic E-state index is 9.54. The van der Waals surface area contributed by atoms with Gasteiger partial charge in [-0.3, -0.25) is 0 Å². The minimum atomic E-state index is -0.550. The average molecular weight is 775 g/mol. The van der Waals surface area contributed by atoms with E-state index < -0.39 is 5.41 Å². The van der Waals surface area contributed by atoms with E-state index in [2.05, 4.69) is 140 Å². The van der Waals surface area contributed by atoms with E-state index in [-0.39, 0.29) is 0 Å². The van der Waals surface area contributed by atoms with Gasteiger partial charge in [-0.15, -0.1) is 0 Å². The fourth-order valence-electron chi connectivity index (χ4n) is 9.80. The van der Waals surface area contributed by atoms with Crippen LogP contribution in [0.3, 0.4) is 0 Å². The van der Waals surface area contributed by atoms with E-state index in [9.17, 15) is 5.26 Å². The van der Waals surface area contributed by atoms with E-state index in [0.717, 1.165) is 38.9 Å². The Hall–Kier alpha value is -8.26. The predicted molar refractivity (Wildman–Crippen MR) is 246 cm³/mol. The van der Waals surface area contributed by atoms with Crippen molar-refractivity contribution >= 4 is 10.8 Å². The molecule has 1 aromatic heterocycles. The number of nitrogens with zero attached hydrogens (tertiary/aromatic N) is 4. The summed E-state index contributed by atoms with van der Waals surface area (Å²) in [6, 6.07) is 75.4. The van der Waals surface area contributed by atoms with Crippen molar-refractivity contribution in [3.8, 4) is 84.7 Å². The van der Waals surface area contributed by atoms with Crippen molar-refractivity contribution in [3.05, 3.63) is 234 Å². The molecule has 0 bridgehead atoms. The van der Waals surface area contributed by atoms with Gasteiger partial charge in [0, 0.05) is 16.7 Å². The largest absolute Gasteiger partial charge is 0.208 e. The molecule has 1 atom stereocenters. The van der Waals surface area contributed by atoms with E-state index in [1.807, 2.05) is 72.8 Å². The normalized spacial score (nSPS) is 14.3. The second-order valence-electron chi connectivity index (χ2n) is 15.8. The molecule has 2 aliphatic carbocycles. The lowest BCUT2D eigenvalue weighted by Gasteiger charge is -2.31. The van der Waals surface area contributed by atoms with E-state index in [4.69, 9.17) is 15.0 Å². The molecule has 0 aliphatic heterocycles. The van der Waals surface area contributed by atoms with E-state index >= 15 is 0 Å². The molecule has 12 rings (SSSR count). The summed E-state index contributed by atoms with van der Waals surface area (Å²) in [7, 11) is 0. The summed E-state index contributed by atoms with van der Waals surface area (Å²) in [6.07, 6.45) is 0. The summed E-state index contributed by atoms with van der Waals surface area (Å²) >= 11 is 0. The van der Waals surface area contributed by atoms with Gasteiger partial charge in [-0.05, 0) is 102 Å².